The van der Waals surface area contributed by atoms with Crippen molar-refractivity contribution >= 4 is 11.5 Å². The first-order valence-corrected chi connectivity index (χ1v) is 6.45. The highest BCUT2D eigenvalue weighted by Gasteiger charge is 2.32. The summed E-state index contributed by atoms with van der Waals surface area (Å²) in [6.45, 7) is 11.9. The predicted octanol–water partition coefficient (Wildman–Crippen LogP) is 5.27. The van der Waals surface area contributed by atoms with Crippen molar-refractivity contribution in [1.82, 2.24) is 4.98 Å². The Balaban J connectivity index is 3.33. The molecule has 0 radical (unpaired) electrons. The third-order valence-corrected chi connectivity index (χ3v) is 2.72. The molecule has 0 aliphatic carbocycles. The van der Waals surface area contributed by atoms with Gasteiger partial charge < -0.3 is 0 Å². The van der Waals surface area contributed by atoms with E-state index in [9.17, 15) is 13.2 Å². The summed E-state index contributed by atoms with van der Waals surface area (Å²) < 4.78 is 38.1. The highest BCUT2D eigenvalue weighted by atomic mass is 19.4. The molecule has 112 valence electrons. The molecule has 0 aromatic carbocycles. The summed E-state index contributed by atoms with van der Waals surface area (Å²) in [4.78, 5) is 8.31. The number of hydrogen-bond donors (Lipinski definition) is 0. The zero-order valence-corrected chi connectivity index (χ0v) is 12.8. The summed E-state index contributed by atoms with van der Waals surface area (Å²) in [5, 5.41) is 0. The molecule has 0 saturated heterocycles. The van der Waals surface area contributed by atoms with Gasteiger partial charge in [-0.15, -0.1) is 0 Å². The van der Waals surface area contributed by atoms with Gasteiger partial charge in [0.2, 0.25) is 0 Å². The first kappa shape index (κ1) is 16.7. The van der Waals surface area contributed by atoms with E-state index in [1.165, 1.54) is 0 Å². The van der Waals surface area contributed by atoms with Gasteiger partial charge in [-0.3, -0.25) is 0 Å². The van der Waals surface area contributed by atoms with Crippen molar-refractivity contribution < 1.29 is 13.2 Å². The lowest BCUT2D eigenvalue weighted by Crippen LogP contribution is -2.32. The van der Waals surface area contributed by atoms with Crippen LogP contribution in [0.5, 0.6) is 0 Å². The zero-order valence-electron chi connectivity index (χ0n) is 12.8. The van der Waals surface area contributed by atoms with Gasteiger partial charge in [0, 0.05) is 22.7 Å². The average Bonchev–Trinajstić information content (AvgIpc) is 2.22. The quantitative estimate of drug-likeness (QED) is 0.646. The fraction of sp³-hybridized carbons (Fsp3) is 0.600. The topological polar surface area (TPSA) is 25.2 Å². The van der Waals surface area contributed by atoms with Crippen LogP contribution in [0.1, 0.15) is 47.1 Å². The second kappa shape index (κ2) is 5.19. The van der Waals surface area contributed by atoms with Gasteiger partial charge in [0.15, 0.2) is 5.82 Å². The second-order valence-corrected chi connectivity index (χ2v) is 6.86. The normalized spacial score (nSPS) is 13.2. The van der Waals surface area contributed by atoms with Crippen molar-refractivity contribution in [3.05, 3.63) is 23.9 Å². The van der Waals surface area contributed by atoms with E-state index in [4.69, 9.17) is 0 Å². The van der Waals surface area contributed by atoms with Crippen LogP contribution in [0.4, 0.5) is 19.0 Å². The van der Waals surface area contributed by atoms with Crippen LogP contribution >= 0.6 is 0 Å². The average molecular weight is 286 g/mol. The van der Waals surface area contributed by atoms with E-state index in [2.05, 4.69) is 9.98 Å². The molecule has 0 aliphatic rings. The minimum absolute atomic E-state index is 0.0969. The fourth-order valence-corrected chi connectivity index (χ4v) is 2.23. The molecular weight excluding hydrogens is 265 g/mol. The Morgan fingerprint density at radius 2 is 1.50 bits per heavy atom. The number of hydrogen-bond acceptors (Lipinski definition) is 2. The molecule has 0 amide bonds. The minimum atomic E-state index is -4.38. The van der Waals surface area contributed by atoms with E-state index >= 15 is 0 Å². The predicted molar refractivity (Wildman–Crippen MR) is 75.2 cm³/mol. The summed E-state index contributed by atoms with van der Waals surface area (Å²) in [6, 6.07) is 1.93. The standard InChI is InChI=1S/C15H21F3N2/c1-13(2,3)12(14(4,5)6)20-11-9-10(7-8-19-11)15(16,17)18/h7-9H,1-6H3. The molecule has 0 saturated carbocycles. The van der Waals surface area contributed by atoms with Gasteiger partial charge in [0.1, 0.15) is 0 Å². The molecule has 1 aromatic heterocycles. The van der Waals surface area contributed by atoms with Crippen LogP contribution in [-0.4, -0.2) is 10.7 Å². The Morgan fingerprint density at radius 3 is 1.90 bits per heavy atom. The van der Waals surface area contributed by atoms with Gasteiger partial charge in [-0.1, -0.05) is 41.5 Å². The molecule has 0 unspecified atom stereocenters. The lowest BCUT2D eigenvalue weighted by Gasteiger charge is -2.32. The molecule has 0 aliphatic heterocycles. The Hall–Kier alpha value is -1.39. The van der Waals surface area contributed by atoms with Crippen LogP contribution in [0.2, 0.25) is 0 Å². The van der Waals surface area contributed by atoms with Crippen molar-refractivity contribution in [1.29, 1.82) is 0 Å². The first-order valence-electron chi connectivity index (χ1n) is 6.45. The number of aromatic nitrogens is 1. The van der Waals surface area contributed by atoms with Crippen molar-refractivity contribution in [2.24, 2.45) is 15.8 Å². The summed E-state index contributed by atoms with van der Waals surface area (Å²) >= 11 is 0. The molecular formula is C15H21F3N2. The lowest BCUT2D eigenvalue weighted by molar-refractivity contribution is -0.137. The smallest absolute Gasteiger partial charge is 0.237 e. The van der Waals surface area contributed by atoms with Gasteiger partial charge in [-0.05, 0) is 12.1 Å². The lowest BCUT2D eigenvalue weighted by atomic mass is 9.75. The summed E-state index contributed by atoms with van der Waals surface area (Å²) in [5.74, 6) is 0.0969. The Morgan fingerprint density at radius 1 is 1.00 bits per heavy atom. The number of pyridine rings is 1. The highest BCUT2D eigenvalue weighted by Crippen LogP contribution is 2.34. The fourth-order valence-electron chi connectivity index (χ4n) is 2.23. The number of halogens is 3. The minimum Gasteiger partial charge on any atom is -0.237 e. The molecule has 1 aromatic rings. The van der Waals surface area contributed by atoms with E-state index in [1.807, 2.05) is 41.5 Å². The van der Waals surface area contributed by atoms with E-state index in [0.717, 1.165) is 24.0 Å². The van der Waals surface area contributed by atoms with Gasteiger partial charge in [0.25, 0.3) is 0 Å². The van der Waals surface area contributed by atoms with E-state index in [1.54, 1.807) is 0 Å². The number of aliphatic imine (C=N–C) groups is 1. The van der Waals surface area contributed by atoms with E-state index in [-0.39, 0.29) is 16.6 Å². The molecule has 20 heavy (non-hydrogen) atoms. The summed E-state index contributed by atoms with van der Waals surface area (Å²) in [7, 11) is 0. The molecule has 0 bridgehead atoms. The molecule has 1 rings (SSSR count). The van der Waals surface area contributed by atoms with Crippen molar-refractivity contribution in [2.75, 3.05) is 0 Å². The second-order valence-electron chi connectivity index (χ2n) is 6.86. The Bertz CT molecular complexity index is 487. The van der Waals surface area contributed by atoms with Crippen LogP contribution < -0.4 is 0 Å². The van der Waals surface area contributed by atoms with Crippen LogP contribution in [-0.2, 0) is 6.18 Å². The molecule has 0 atom stereocenters. The highest BCUT2D eigenvalue weighted by molar-refractivity contribution is 5.95. The van der Waals surface area contributed by atoms with Crippen molar-refractivity contribution in [2.45, 2.75) is 47.7 Å². The Kier molecular flexibility index (Phi) is 4.32. The largest absolute Gasteiger partial charge is 0.416 e. The molecule has 1 heterocycles. The Labute approximate surface area is 118 Å². The zero-order chi connectivity index (χ0) is 15.8. The SMILES string of the molecule is CC(C)(C)C(=Nc1cc(C(F)(F)F)ccn1)C(C)(C)C. The van der Waals surface area contributed by atoms with Crippen LogP contribution in [0.25, 0.3) is 0 Å². The maximum Gasteiger partial charge on any atom is 0.416 e. The van der Waals surface area contributed by atoms with Crippen LogP contribution in [0.3, 0.4) is 0 Å². The molecule has 5 heteroatoms. The van der Waals surface area contributed by atoms with Crippen LogP contribution in [0.15, 0.2) is 23.3 Å². The maximum atomic E-state index is 12.7. The molecule has 2 nitrogen and oxygen atoms in total. The summed E-state index contributed by atoms with van der Waals surface area (Å²) in [5.41, 5.74) is -0.396. The number of nitrogens with zero attached hydrogens (tertiary/aromatic N) is 2. The number of alkyl halides is 3. The number of rotatable bonds is 1. The molecule has 0 N–H and O–H groups in total. The van der Waals surface area contributed by atoms with Gasteiger partial charge in [-0.2, -0.15) is 13.2 Å². The van der Waals surface area contributed by atoms with Crippen LogP contribution in [0, 0.1) is 10.8 Å². The monoisotopic (exact) mass is 286 g/mol. The third kappa shape index (κ3) is 4.32. The third-order valence-electron chi connectivity index (χ3n) is 2.72. The molecule has 0 spiro atoms. The van der Waals surface area contributed by atoms with Crippen molar-refractivity contribution in [3.8, 4) is 0 Å². The van der Waals surface area contributed by atoms with Gasteiger partial charge >= 0.3 is 6.18 Å². The molecule has 0 fully saturated rings. The maximum absolute atomic E-state index is 12.7. The van der Waals surface area contributed by atoms with Gasteiger partial charge in [-0.25, -0.2) is 9.98 Å². The van der Waals surface area contributed by atoms with Crippen molar-refractivity contribution in [3.63, 3.8) is 0 Å². The van der Waals surface area contributed by atoms with E-state index < -0.39 is 11.7 Å². The first-order chi connectivity index (χ1) is 8.82. The van der Waals surface area contributed by atoms with Gasteiger partial charge in [0.05, 0.1) is 5.56 Å². The summed E-state index contributed by atoms with van der Waals surface area (Å²) in [6.07, 6.45) is -3.23. The van der Waals surface area contributed by atoms with E-state index in [0.29, 0.717) is 0 Å².